The van der Waals surface area contributed by atoms with E-state index in [2.05, 4.69) is 35.6 Å². The fraction of sp³-hybridized carbons (Fsp3) is 0.200. The fourth-order valence-electron chi connectivity index (χ4n) is 7.56. The molecule has 4 aromatic heterocycles. The quantitative estimate of drug-likeness (QED) is 0.106. The Bertz CT molecular complexity index is 2810. The predicted molar refractivity (Wildman–Crippen MR) is 230 cm³/mol. The number of ether oxygens (including phenoxy) is 3. The SMILES string of the molecule is CC1CN(c2ncc(C3CCC(c4nccnc4Oc4ccc(C(=O)c5nc6ccccc6[nH]5)cc4)CO3)nc2Oc2ccc(Nc3nc4ccccc4s3)cc2)CC(=O)N1. The minimum absolute atomic E-state index is 0.0748. The number of piperazine rings is 1. The lowest BCUT2D eigenvalue weighted by Crippen LogP contribution is -2.53. The van der Waals surface area contributed by atoms with E-state index in [-0.39, 0.29) is 48.0 Å². The Kier molecular flexibility index (Phi) is 10.2. The first-order valence-electron chi connectivity index (χ1n) is 19.9. The summed E-state index contributed by atoms with van der Waals surface area (Å²) in [5.74, 6) is 2.07. The summed E-state index contributed by atoms with van der Waals surface area (Å²) >= 11 is 1.59. The van der Waals surface area contributed by atoms with Gasteiger partial charge in [-0.1, -0.05) is 35.6 Å². The van der Waals surface area contributed by atoms with Crippen LogP contribution in [0.5, 0.6) is 23.3 Å². The number of rotatable bonds is 11. The monoisotopic (exact) mass is 830 g/mol. The minimum atomic E-state index is -0.359. The number of fused-ring (bicyclic) bond motifs is 2. The van der Waals surface area contributed by atoms with Crippen LogP contribution in [0.15, 0.2) is 116 Å². The van der Waals surface area contributed by atoms with Crippen LogP contribution in [0.25, 0.3) is 21.3 Å². The molecule has 2 fully saturated rings. The van der Waals surface area contributed by atoms with E-state index in [4.69, 9.17) is 24.2 Å². The van der Waals surface area contributed by atoms with Crippen molar-refractivity contribution in [3.8, 4) is 23.3 Å². The first-order chi connectivity index (χ1) is 29.9. The van der Waals surface area contributed by atoms with E-state index in [1.807, 2.05) is 84.6 Å². The number of thiazole rings is 1. The maximum absolute atomic E-state index is 13.2. The Morgan fingerprint density at radius 2 is 1.59 bits per heavy atom. The van der Waals surface area contributed by atoms with Crippen LogP contribution >= 0.6 is 11.3 Å². The van der Waals surface area contributed by atoms with Crippen molar-refractivity contribution in [1.29, 1.82) is 0 Å². The number of aromatic nitrogens is 7. The Morgan fingerprint density at radius 3 is 2.36 bits per heavy atom. The molecule has 0 aliphatic carbocycles. The maximum atomic E-state index is 13.2. The molecule has 304 valence electrons. The number of aromatic amines is 1. The first-order valence-corrected chi connectivity index (χ1v) is 20.7. The Balaban J connectivity index is 0.826. The summed E-state index contributed by atoms with van der Waals surface area (Å²) in [5, 5.41) is 7.14. The molecule has 6 heterocycles. The molecule has 1 amide bonds. The van der Waals surface area contributed by atoms with Crippen LogP contribution in [0.2, 0.25) is 0 Å². The number of nitrogens with one attached hydrogen (secondary N) is 3. The predicted octanol–water partition coefficient (Wildman–Crippen LogP) is 8.27. The molecule has 2 aliphatic heterocycles. The number of hydrogen-bond donors (Lipinski definition) is 3. The van der Waals surface area contributed by atoms with Crippen molar-refractivity contribution in [3.63, 3.8) is 0 Å². The molecule has 8 aromatic rings. The summed E-state index contributed by atoms with van der Waals surface area (Å²) in [7, 11) is 0. The van der Waals surface area contributed by atoms with E-state index in [0.29, 0.717) is 59.7 Å². The van der Waals surface area contributed by atoms with Crippen LogP contribution in [0.4, 0.5) is 16.6 Å². The van der Waals surface area contributed by atoms with Gasteiger partial charge in [0.15, 0.2) is 16.8 Å². The molecule has 0 bridgehead atoms. The van der Waals surface area contributed by atoms with Gasteiger partial charge in [0.25, 0.3) is 5.88 Å². The van der Waals surface area contributed by atoms with Gasteiger partial charge in [-0.05, 0) is 92.6 Å². The molecule has 2 aliphatic rings. The number of hydrogen-bond acceptors (Lipinski definition) is 14. The Morgan fingerprint density at radius 1 is 0.836 bits per heavy atom. The zero-order valence-electron chi connectivity index (χ0n) is 32.8. The standard InChI is InChI=1S/C45H38N10O5S/c1-26-23-55(24-38(56)49-26)42-44(60-31-17-13-29(14-18-31)50-45-54-34-8-4-5-9-37(34)61-45)53-35(22-48-42)36-19-12-28(25-58-36)39-43(47-21-20-46-39)59-30-15-10-27(11-16-30)40(57)41-51-32-6-2-3-7-33(32)52-41/h2-11,13-18,20-22,26,28,36H,12,19,23-25H2,1H3,(H,49,56)(H,50,54)(H,51,52). The summed E-state index contributed by atoms with van der Waals surface area (Å²) in [4.78, 5) is 58.8. The molecule has 2 saturated heterocycles. The zero-order valence-corrected chi connectivity index (χ0v) is 33.6. The molecule has 16 heteroatoms. The summed E-state index contributed by atoms with van der Waals surface area (Å²) in [5.41, 5.74) is 5.11. The topological polar surface area (TPSA) is 182 Å². The lowest BCUT2D eigenvalue weighted by Gasteiger charge is -2.33. The zero-order chi connectivity index (χ0) is 41.3. The van der Waals surface area contributed by atoms with E-state index >= 15 is 0 Å². The van der Waals surface area contributed by atoms with E-state index in [0.717, 1.165) is 38.5 Å². The first kappa shape index (κ1) is 37.9. The van der Waals surface area contributed by atoms with Crippen molar-refractivity contribution in [2.24, 2.45) is 0 Å². The third-order valence-corrected chi connectivity index (χ3v) is 11.5. The number of H-pyrrole nitrogens is 1. The molecule has 0 spiro atoms. The number of nitrogens with zero attached hydrogens (tertiary/aromatic N) is 7. The van der Waals surface area contributed by atoms with Crippen LogP contribution in [-0.2, 0) is 9.53 Å². The van der Waals surface area contributed by atoms with Gasteiger partial charge in [0, 0.05) is 42.1 Å². The van der Waals surface area contributed by atoms with Crippen molar-refractivity contribution in [2.45, 2.75) is 37.8 Å². The van der Waals surface area contributed by atoms with Gasteiger partial charge in [0.05, 0.1) is 46.3 Å². The smallest absolute Gasteiger partial charge is 0.263 e. The second kappa shape index (κ2) is 16.4. The third kappa shape index (κ3) is 8.18. The molecule has 3 atom stereocenters. The van der Waals surface area contributed by atoms with Gasteiger partial charge in [0.1, 0.15) is 23.3 Å². The summed E-state index contributed by atoms with van der Waals surface area (Å²) in [6, 6.07) is 29.9. The average molecular weight is 831 g/mol. The van der Waals surface area contributed by atoms with Gasteiger partial charge in [-0.15, -0.1) is 0 Å². The highest BCUT2D eigenvalue weighted by atomic mass is 32.1. The Labute approximate surface area is 353 Å². The number of benzene rings is 4. The third-order valence-electron chi connectivity index (χ3n) is 10.5. The lowest BCUT2D eigenvalue weighted by molar-refractivity contribution is -0.121. The second-order valence-electron chi connectivity index (χ2n) is 14.9. The maximum Gasteiger partial charge on any atom is 0.263 e. The summed E-state index contributed by atoms with van der Waals surface area (Å²) in [6.07, 6.45) is 5.92. The molecular weight excluding hydrogens is 793 g/mol. The lowest BCUT2D eigenvalue weighted by atomic mass is 9.94. The molecule has 3 N–H and O–H groups in total. The Hall–Kier alpha value is -7.30. The van der Waals surface area contributed by atoms with Gasteiger partial charge in [-0.2, -0.15) is 0 Å². The largest absolute Gasteiger partial charge is 0.437 e. The summed E-state index contributed by atoms with van der Waals surface area (Å²) in [6.45, 7) is 2.98. The van der Waals surface area contributed by atoms with Gasteiger partial charge < -0.3 is 34.7 Å². The van der Waals surface area contributed by atoms with E-state index in [9.17, 15) is 9.59 Å². The minimum Gasteiger partial charge on any atom is -0.437 e. The van der Waals surface area contributed by atoms with Crippen molar-refractivity contribution >= 4 is 60.9 Å². The van der Waals surface area contributed by atoms with Gasteiger partial charge in [-0.25, -0.2) is 24.9 Å². The number of ketones is 1. The highest BCUT2D eigenvalue weighted by molar-refractivity contribution is 7.22. The highest BCUT2D eigenvalue weighted by Crippen LogP contribution is 2.40. The number of carbonyl (C=O) groups excluding carboxylic acids is 2. The van der Waals surface area contributed by atoms with Crippen LogP contribution in [0.1, 0.15) is 59.4 Å². The normalized spacial score (nSPS) is 17.9. The van der Waals surface area contributed by atoms with Crippen molar-refractivity contribution in [2.75, 3.05) is 29.9 Å². The van der Waals surface area contributed by atoms with Crippen molar-refractivity contribution in [1.82, 2.24) is 40.2 Å². The van der Waals surface area contributed by atoms with Crippen LogP contribution in [0, 0.1) is 0 Å². The molecule has 0 saturated carbocycles. The molecule has 4 aromatic carbocycles. The van der Waals surface area contributed by atoms with Crippen molar-refractivity contribution in [3.05, 3.63) is 138 Å². The molecule has 3 unspecified atom stereocenters. The molecule has 10 rings (SSSR count). The summed E-state index contributed by atoms with van der Waals surface area (Å²) < 4.78 is 20.2. The second-order valence-corrected chi connectivity index (χ2v) is 15.9. The van der Waals surface area contributed by atoms with E-state index in [1.54, 1.807) is 54.2 Å². The highest BCUT2D eigenvalue weighted by Gasteiger charge is 2.31. The number of anilines is 3. The van der Waals surface area contributed by atoms with Crippen LogP contribution in [-0.4, -0.2) is 72.3 Å². The van der Waals surface area contributed by atoms with Crippen LogP contribution < -0.4 is 25.0 Å². The number of imidazole rings is 1. The molecule has 61 heavy (non-hydrogen) atoms. The van der Waals surface area contributed by atoms with Gasteiger partial charge in [-0.3, -0.25) is 14.6 Å². The van der Waals surface area contributed by atoms with Crippen LogP contribution in [0.3, 0.4) is 0 Å². The van der Waals surface area contributed by atoms with Crippen molar-refractivity contribution < 1.29 is 23.8 Å². The molecule has 15 nitrogen and oxygen atoms in total. The number of amides is 1. The fourth-order valence-corrected chi connectivity index (χ4v) is 8.45. The molecule has 0 radical (unpaired) electrons. The van der Waals surface area contributed by atoms with Gasteiger partial charge >= 0.3 is 0 Å². The molecular formula is C45H38N10O5S. The number of para-hydroxylation sites is 3. The van der Waals surface area contributed by atoms with Gasteiger partial charge in [0.2, 0.25) is 17.6 Å². The average Bonchev–Trinajstić information content (AvgIpc) is 3.91. The van der Waals surface area contributed by atoms with E-state index < -0.39 is 0 Å². The number of carbonyl (C=O) groups is 2. The van der Waals surface area contributed by atoms with E-state index in [1.165, 1.54) is 0 Å².